The van der Waals surface area contributed by atoms with E-state index in [0.29, 0.717) is 18.5 Å². The Bertz CT molecular complexity index is 928. The summed E-state index contributed by atoms with van der Waals surface area (Å²) in [6.07, 6.45) is 5.51. The van der Waals surface area contributed by atoms with Gasteiger partial charge in [-0.1, -0.05) is 18.2 Å². The number of carbonyl (C=O) groups excluding carboxylic acids is 2. The number of ether oxygens (including phenoxy) is 1. The number of H-pyrrole nitrogens is 1. The van der Waals surface area contributed by atoms with Crippen molar-refractivity contribution in [2.45, 2.75) is 6.42 Å². The molecule has 2 N–H and O–H groups in total. The highest BCUT2D eigenvalue weighted by Crippen LogP contribution is 2.25. The minimum absolute atomic E-state index is 0.177. The molecule has 0 aliphatic heterocycles. The highest BCUT2D eigenvalue weighted by molar-refractivity contribution is 7.13. The third-order valence-corrected chi connectivity index (χ3v) is 4.78. The number of rotatable bonds is 7. The van der Waals surface area contributed by atoms with Crippen LogP contribution in [0.15, 0.2) is 54.2 Å². The first-order valence-corrected chi connectivity index (χ1v) is 9.26. The molecular formula is C20H19N3O3S. The summed E-state index contributed by atoms with van der Waals surface area (Å²) in [5.41, 5.74) is 3.23. The monoisotopic (exact) mass is 381 g/mol. The first kappa shape index (κ1) is 18.6. The van der Waals surface area contributed by atoms with Crippen LogP contribution >= 0.6 is 11.3 Å². The maximum absolute atomic E-state index is 12.0. The van der Waals surface area contributed by atoms with Crippen molar-refractivity contribution in [2.75, 3.05) is 13.7 Å². The Morgan fingerprint density at radius 2 is 2.07 bits per heavy atom. The van der Waals surface area contributed by atoms with Gasteiger partial charge in [0.1, 0.15) is 5.69 Å². The van der Waals surface area contributed by atoms with E-state index in [1.165, 1.54) is 13.2 Å². The summed E-state index contributed by atoms with van der Waals surface area (Å²) in [7, 11) is 1.34. The van der Waals surface area contributed by atoms with E-state index in [1.807, 2.05) is 17.5 Å². The van der Waals surface area contributed by atoms with Crippen LogP contribution in [0.5, 0.6) is 0 Å². The zero-order chi connectivity index (χ0) is 19.1. The Balaban J connectivity index is 1.50. The molecule has 3 aromatic rings. The van der Waals surface area contributed by atoms with Gasteiger partial charge in [0.25, 0.3) is 0 Å². The smallest absolute Gasteiger partial charge is 0.337 e. The number of methoxy groups -OCH3 is 1. The molecule has 2 heterocycles. The first-order valence-electron chi connectivity index (χ1n) is 8.38. The van der Waals surface area contributed by atoms with Gasteiger partial charge in [0.2, 0.25) is 5.91 Å². The topological polar surface area (TPSA) is 84.1 Å². The largest absolute Gasteiger partial charge is 0.465 e. The SMILES string of the molecule is COC(=O)c1ccc(/C=C/C(=O)NCCc2[nH]cnc2-c2cccs2)cc1. The molecule has 0 aliphatic rings. The van der Waals surface area contributed by atoms with E-state index in [0.717, 1.165) is 21.8 Å². The number of aromatic nitrogens is 2. The van der Waals surface area contributed by atoms with Crippen LogP contribution in [0.3, 0.4) is 0 Å². The maximum Gasteiger partial charge on any atom is 0.337 e. The van der Waals surface area contributed by atoms with Crippen LogP contribution in [0.25, 0.3) is 16.6 Å². The quantitative estimate of drug-likeness (QED) is 0.486. The summed E-state index contributed by atoms with van der Waals surface area (Å²) in [4.78, 5) is 32.0. The van der Waals surface area contributed by atoms with E-state index < -0.39 is 0 Å². The zero-order valence-corrected chi connectivity index (χ0v) is 15.6. The van der Waals surface area contributed by atoms with Gasteiger partial charge in [0.15, 0.2) is 0 Å². The molecule has 0 saturated heterocycles. The van der Waals surface area contributed by atoms with Crippen molar-refractivity contribution in [2.24, 2.45) is 0 Å². The molecular weight excluding hydrogens is 362 g/mol. The van der Waals surface area contributed by atoms with E-state index in [2.05, 4.69) is 20.0 Å². The minimum atomic E-state index is -0.385. The van der Waals surface area contributed by atoms with Crippen LogP contribution in [-0.4, -0.2) is 35.5 Å². The van der Waals surface area contributed by atoms with E-state index in [4.69, 9.17) is 0 Å². The van der Waals surface area contributed by atoms with Gasteiger partial charge in [-0.3, -0.25) is 4.79 Å². The summed E-state index contributed by atoms with van der Waals surface area (Å²) in [6.45, 7) is 0.505. The van der Waals surface area contributed by atoms with Crippen LogP contribution in [0.1, 0.15) is 21.6 Å². The second kappa shape index (κ2) is 8.95. The highest BCUT2D eigenvalue weighted by Gasteiger charge is 2.09. The first-order chi connectivity index (χ1) is 13.2. The van der Waals surface area contributed by atoms with Crippen LogP contribution < -0.4 is 5.32 Å². The fourth-order valence-corrected chi connectivity index (χ4v) is 3.28. The minimum Gasteiger partial charge on any atom is -0.465 e. The Hall–Kier alpha value is -3.19. The highest BCUT2D eigenvalue weighted by atomic mass is 32.1. The number of nitrogens with one attached hydrogen (secondary N) is 2. The second-order valence-electron chi connectivity index (χ2n) is 5.69. The van der Waals surface area contributed by atoms with Crippen molar-refractivity contribution in [3.63, 3.8) is 0 Å². The molecule has 0 spiro atoms. The van der Waals surface area contributed by atoms with Gasteiger partial charge in [-0.2, -0.15) is 0 Å². The standard InChI is InChI=1S/C20H19N3O3S/c1-26-20(25)15-7-4-14(5-8-15)6-9-18(24)21-11-10-16-19(23-13-22-16)17-3-2-12-27-17/h2-9,12-13H,10-11H2,1H3,(H,21,24)(H,22,23)/b9-6+. The molecule has 0 atom stereocenters. The molecule has 0 aliphatic carbocycles. The fraction of sp³-hybridized carbons (Fsp3) is 0.150. The van der Waals surface area contributed by atoms with Crippen molar-refractivity contribution >= 4 is 29.3 Å². The number of benzene rings is 1. The molecule has 0 unspecified atom stereocenters. The lowest BCUT2D eigenvalue weighted by molar-refractivity contribution is -0.116. The molecule has 0 fully saturated rings. The number of amides is 1. The Morgan fingerprint density at radius 3 is 2.78 bits per heavy atom. The fourth-order valence-electron chi connectivity index (χ4n) is 2.53. The van der Waals surface area contributed by atoms with Crippen molar-refractivity contribution < 1.29 is 14.3 Å². The lowest BCUT2D eigenvalue weighted by Gasteiger charge is -2.03. The van der Waals surface area contributed by atoms with Gasteiger partial charge >= 0.3 is 5.97 Å². The zero-order valence-electron chi connectivity index (χ0n) is 14.8. The van der Waals surface area contributed by atoms with Gasteiger partial charge in [0.05, 0.1) is 23.9 Å². The molecule has 138 valence electrons. The van der Waals surface area contributed by atoms with Crippen molar-refractivity contribution in [1.82, 2.24) is 15.3 Å². The molecule has 3 rings (SSSR count). The van der Waals surface area contributed by atoms with E-state index in [1.54, 1.807) is 48.0 Å². The molecule has 0 bridgehead atoms. The summed E-state index contributed by atoms with van der Waals surface area (Å²) in [5, 5.41) is 4.87. The van der Waals surface area contributed by atoms with Crippen LogP contribution in [0.2, 0.25) is 0 Å². The van der Waals surface area contributed by atoms with Crippen LogP contribution in [0.4, 0.5) is 0 Å². The number of hydrogen-bond donors (Lipinski definition) is 2. The number of nitrogens with zero attached hydrogens (tertiary/aromatic N) is 1. The van der Waals surface area contributed by atoms with E-state index in [-0.39, 0.29) is 11.9 Å². The van der Waals surface area contributed by atoms with Crippen LogP contribution in [-0.2, 0) is 16.0 Å². The molecule has 6 nitrogen and oxygen atoms in total. The van der Waals surface area contributed by atoms with Gasteiger partial charge < -0.3 is 15.0 Å². The third kappa shape index (κ3) is 4.92. The summed E-state index contributed by atoms with van der Waals surface area (Å²) >= 11 is 1.63. The normalized spacial score (nSPS) is 10.9. The van der Waals surface area contributed by atoms with E-state index >= 15 is 0 Å². The number of aromatic amines is 1. The molecule has 1 aromatic carbocycles. The molecule has 0 saturated carbocycles. The number of thiophene rings is 1. The average Bonchev–Trinajstić information content (AvgIpc) is 3.37. The number of hydrogen-bond acceptors (Lipinski definition) is 5. The summed E-state index contributed by atoms with van der Waals surface area (Å²) in [5.74, 6) is -0.562. The second-order valence-corrected chi connectivity index (χ2v) is 6.64. The van der Waals surface area contributed by atoms with Crippen LogP contribution in [0, 0.1) is 0 Å². The van der Waals surface area contributed by atoms with Gasteiger partial charge in [-0.05, 0) is 35.2 Å². The Morgan fingerprint density at radius 1 is 1.26 bits per heavy atom. The average molecular weight is 381 g/mol. The Labute approximate surface area is 160 Å². The third-order valence-electron chi connectivity index (χ3n) is 3.91. The van der Waals surface area contributed by atoms with Crippen molar-refractivity contribution in [3.8, 4) is 10.6 Å². The predicted molar refractivity (Wildman–Crippen MR) is 105 cm³/mol. The maximum atomic E-state index is 12.0. The summed E-state index contributed by atoms with van der Waals surface area (Å²) in [6, 6.07) is 10.9. The van der Waals surface area contributed by atoms with Crippen molar-refractivity contribution in [3.05, 3.63) is 71.0 Å². The van der Waals surface area contributed by atoms with Gasteiger partial charge in [-0.25, -0.2) is 9.78 Å². The molecule has 2 aromatic heterocycles. The van der Waals surface area contributed by atoms with Gasteiger partial charge in [0, 0.05) is 24.7 Å². The number of esters is 1. The van der Waals surface area contributed by atoms with E-state index in [9.17, 15) is 9.59 Å². The molecule has 7 heteroatoms. The summed E-state index contributed by atoms with van der Waals surface area (Å²) < 4.78 is 4.65. The number of carbonyl (C=O) groups is 2. The number of imidazole rings is 1. The lowest BCUT2D eigenvalue weighted by atomic mass is 10.1. The molecule has 1 amide bonds. The molecule has 0 radical (unpaired) electrons. The van der Waals surface area contributed by atoms with Crippen molar-refractivity contribution in [1.29, 1.82) is 0 Å². The molecule has 27 heavy (non-hydrogen) atoms. The lowest BCUT2D eigenvalue weighted by Crippen LogP contribution is -2.23. The predicted octanol–water partition coefficient (Wildman–Crippen LogP) is 3.30. The van der Waals surface area contributed by atoms with Gasteiger partial charge in [-0.15, -0.1) is 11.3 Å². The Kier molecular flexibility index (Phi) is 6.17.